The van der Waals surface area contributed by atoms with Gasteiger partial charge in [0.25, 0.3) is 16.1 Å². The molecule has 1 aliphatic carbocycles. The maximum atomic E-state index is 12.4. The van der Waals surface area contributed by atoms with E-state index in [1.165, 1.54) is 4.31 Å². The molecule has 3 N–H and O–H groups in total. The third-order valence-electron chi connectivity index (χ3n) is 5.42. The Labute approximate surface area is 158 Å². The van der Waals surface area contributed by atoms with E-state index in [1.807, 2.05) is 0 Å². The van der Waals surface area contributed by atoms with E-state index < -0.39 is 10.2 Å². The minimum atomic E-state index is -3.64. The lowest BCUT2D eigenvalue weighted by Crippen LogP contribution is -2.46. The number of ether oxygens (including phenoxy) is 1. The van der Waals surface area contributed by atoms with Crippen LogP contribution in [0.2, 0.25) is 0 Å². The molecule has 10 nitrogen and oxygen atoms in total. The van der Waals surface area contributed by atoms with Crippen molar-refractivity contribution < 1.29 is 17.9 Å². The second-order valence-electron chi connectivity index (χ2n) is 7.23. The molecule has 1 saturated heterocycles. The summed E-state index contributed by atoms with van der Waals surface area (Å²) in [5, 5.41) is 8.43. The zero-order valence-electron chi connectivity index (χ0n) is 15.0. The fourth-order valence-corrected chi connectivity index (χ4v) is 4.73. The number of hydrogen-bond acceptors (Lipinski definition) is 7. The molecule has 4 rings (SSSR count). The first kappa shape index (κ1) is 18.4. The van der Waals surface area contributed by atoms with Crippen molar-refractivity contribution in [2.24, 2.45) is 5.14 Å². The predicted octanol–water partition coefficient (Wildman–Crippen LogP) is 0.224. The molecule has 3 heterocycles. The molecule has 0 unspecified atom stereocenters. The van der Waals surface area contributed by atoms with Gasteiger partial charge in [-0.3, -0.25) is 9.69 Å². The lowest BCUT2D eigenvalue weighted by atomic mass is 10.1. The molecule has 2 fully saturated rings. The van der Waals surface area contributed by atoms with Crippen LogP contribution >= 0.6 is 0 Å². The molecule has 0 bridgehead atoms. The summed E-state index contributed by atoms with van der Waals surface area (Å²) in [6.07, 6.45) is 7.00. The molecular formula is C16H24N6O4S. The zero-order chi connectivity index (χ0) is 19.0. The van der Waals surface area contributed by atoms with Gasteiger partial charge in [0.05, 0.1) is 6.20 Å². The number of rotatable bonds is 4. The summed E-state index contributed by atoms with van der Waals surface area (Å²) in [7, 11) is -3.64. The number of nitrogens with zero attached hydrogens (tertiary/aromatic N) is 4. The van der Waals surface area contributed by atoms with Gasteiger partial charge in [-0.1, -0.05) is 12.8 Å². The van der Waals surface area contributed by atoms with Gasteiger partial charge in [-0.05, 0) is 25.7 Å². The van der Waals surface area contributed by atoms with Crippen molar-refractivity contribution in [2.75, 3.05) is 29.9 Å². The van der Waals surface area contributed by atoms with Crippen LogP contribution in [0.3, 0.4) is 0 Å². The third-order valence-corrected chi connectivity index (χ3v) is 6.51. The number of carbonyl (C=O) groups excluding carboxylic acids is 1. The highest BCUT2D eigenvalue weighted by Gasteiger charge is 2.35. The molecule has 1 amide bonds. The fraction of sp³-hybridized carbons (Fsp3) is 0.688. The lowest BCUT2D eigenvalue weighted by Gasteiger charge is -2.33. The molecule has 2 aliphatic heterocycles. The van der Waals surface area contributed by atoms with E-state index >= 15 is 0 Å². The highest BCUT2D eigenvalue weighted by atomic mass is 32.2. The van der Waals surface area contributed by atoms with E-state index in [0.717, 1.165) is 25.7 Å². The van der Waals surface area contributed by atoms with Gasteiger partial charge in [0.2, 0.25) is 5.95 Å². The Morgan fingerprint density at radius 2 is 1.89 bits per heavy atom. The quantitative estimate of drug-likeness (QED) is 0.744. The van der Waals surface area contributed by atoms with E-state index in [4.69, 9.17) is 9.88 Å². The highest BCUT2D eigenvalue weighted by molar-refractivity contribution is 7.86. The summed E-state index contributed by atoms with van der Waals surface area (Å²) in [6, 6.07) is 0.210. The predicted molar refractivity (Wildman–Crippen MR) is 98.6 cm³/mol. The van der Waals surface area contributed by atoms with Crippen LogP contribution in [0.1, 0.15) is 38.5 Å². The first-order valence-corrected chi connectivity index (χ1v) is 10.8. The van der Waals surface area contributed by atoms with E-state index in [2.05, 4.69) is 15.3 Å². The van der Waals surface area contributed by atoms with Crippen LogP contribution in [0.5, 0.6) is 5.75 Å². The van der Waals surface area contributed by atoms with Crippen molar-refractivity contribution in [3.05, 3.63) is 6.20 Å². The molecule has 0 atom stereocenters. The van der Waals surface area contributed by atoms with E-state index in [9.17, 15) is 13.2 Å². The molecule has 27 heavy (non-hydrogen) atoms. The molecule has 0 aromatic carbocycles. The first-order chi connectivity index (χ1) is 12.9. The zero-order valence-corrected chi connectivity index (χ0v) is 15.8. The minimum absolute atomic E-state index is 0.0195. The van der Waals surface area contributed by atoms with Crippen LogP contribution in [0.25, 0.3) is 0 Å². The number of fused-ring (bicyclic) bond motifs is 1. The van der Waals surface area contributed by atoms with Crippen LogP contribution in [0, 0.1) is 0 Å². The standard InChI is InChI=1S/C16H24N6O4S/c17-27(24,25)21-7-5-11(6-8-21)19-16-18-9-13-15(20-16)22(14(23)10-26-13)12-3-1-2-4-12/h9,11-12H,1-8,10H2,(H2,17,24,25)(H,18,19,20). The Bertz CT molecular complexity index is 818. The molecule has 148 valence electrons. The van der Waals surface area contributed by atoms with Gasteiger partial charge in [0, 0.05) is 25.2 Å². The normalized spacial score (nSPS) is 22.6. The number of piperidine rings is 1. The highest BCUT2D eigenvalue weighted by Crippen LogP contribution is 2.36. The molecule has 0 radical (unpaired) electrons. The van der Waals surface area contributed by atoms with Gasteiger partial charge in [-0.2, -0.15) is 17.7 Å². The second-order valence-corrected chi connectivity index (χ2v) is 8.78. The number of nitrogens with two attached hydrogens (primary N) is 1. The van der Waals surface area contributed by atoms with E-state index in [-0.39, 0.29) is 24.6 Å². The summed E-state index contributed by atoms with van der Waals surface area (Å²) in [6.45, 7) is 0.736. The number of hydrogen-bond donors (Lipinski definition) is 2. The van der Waals surface area contributed by atoms with Crippen molar-refractivity contribution >= 4 is 27.9 Å². The van der Waals surface area contributed by atoms with Gasteiger partial charge in [0.15, 0.2) is 18.2 Å². The van der Waals surface area contributed by atoms with Crippen molar-refractivity contribution in [3.63, 3.8) is 0 Å². The Hall–Kier alpha value is -1.98. The molecule has 1 aromatic rings. The number of carbonyl (C=O) groups is 1. The van der Waals surface area contributed by atoms with Crippen LogP contribution in [-0.2, 0) is 15.0 Å². The van der Waals surface area contributed by atoms with Gasteiger partial charge in [-0.15, -0.1) is 0 Å². The van der Waals surface area contributed by atoms with Crippen LogP contribution in [-0.4, -0.2) is 60.4 Å². The third kappa shape index (κ3) is 3.85. The average Bonchev–Trinajstić information content (AvgIpc) is 3.15. The van der Waals surface area contributed by atoms with Crippen molar-refractivity contribution in [3.8, 4) is 5.75 Å². The van der Waals surface area contributed by atoms with Gasteiger partial charge in [-0.25, -0.2) is 10.1 Å². The van der Waals surface area contributed by atoms with Crippen molar-refractivity contribution in [2.45, 2.75) is 50.6 Å². The fourth-order valence-electron chi connectivity index (χ4n) is 4.01. The SMILES string of the molecule is NS(=O)(=O)N1CCC(Nc2ncc3c(n2)N(C2CCCC2)C(=O)CO3)CC1. The van der Waals surface area contributed by atoms with E-state index in [0.29, 0.717) is 43.4 Å². The largest absolute Gasteiger partial charge is 0.478 e. The Morgan fingerprint density at radius 1 is 1.19 bits per heavy atom. The van der Waals surface area contributed by atoms with Gasteiger partial charge in [0.1, 0.15) is 0 Å². The molecule has 3 aliphatic rings. The monoisotopic (exact) mass is 396 g/mol. The smallest absolute Gasteiger partial charge is 0.276 e. The van der Waals surface area contributed by atoms with Crippen LogP contribution < -0.4 is 20.1 Å². The summed E-state index contributed by atoms with van der Waals surface area (Å²) in [5.74, 6) is 1.40. The lowest BCUT2D eigenvalue weighted by molar-refractivity contribution is -0.121. The topological polar surface area (TPSA) is 131 Å². The summed E-state index contributed by atoms with van der Waals surface area (Å²) < 4.78 is 29.6. The molecule has 1 aromatic heterocycles. The molecule has 1 saturated carbocycles. The van der Waals surface area contributed by atoms with Gasteiger partial charge < -0.3 is 10.1 Å². The molecule has 0 spiro atoms. The molecule has 11 heteroatoms. The van der Waals surface area contributed by atoms with E-state index in [1.54, 1.807) is 11.1 Å². The average molecular weight is 396 g/mol. The summed E-state index contributed by atoms with van der Waals surface area (Å²) >= 11 is 0. The van der Waals surface area contributed by atoms with Gasteiger partial charge >= 0.3 is 0 Å². The second kappa shape index (κ2) is 7.21. The van der Waals surface area contributed by atoms with Crippen LogP contribution in [0.15, 0.2) is 6.20 Å². The number of aromatic nitrogens is 2. The number of nitrogens with one attached hydrogen (secondary N) is 1. The Morgan fingerprint density at radius 3 is 2.56 bits per heavy atom. The maximum absolute atomic E-state index is 12.4. The maximum Gasteiger partial charge on any atom is 0.276 e. The Balaban J connectivity index is 1.48. The number of amides is 1. The summed E-state index contributed by atoms with van der Waals surface area (Å²) in [4.78, 5) is 23.0. The Kier molecular flexibility index (Phi) is 4.91. The summed E-state index contributed by atoms with van der Waals surface area (Å²) in [5.41, 5.74) is 0. The van der Waals surface area contributed by atoms with Crippen molar-refractivity contribution in [1.82, 2.24) is 14.3 Å². The first-order valence-electron chi connectivity index (χ1n) is 9.28. The van der Waals surface area contributed by atoms with Crippen molar-refractivity contribution in [1.29, 1.82) is 0 Å². The number of anilines is 2. The van der Waals surface area contributed by atoms with Crippen LogP contribution in [0.4, 0.5) is 11.8 Å². The molecular weight excluding hydrogens is 372 g/mol. The minimum Gasteiger partial charge on any atom is -0.478 e.